The molecule has 0 bridgehead atoms. The lowest BCUT2D eigenvalue weighted by Crippen LogP contribution is -2.50. The highest BCUT2D eigenvalue weighted by molar-refractivity contribution is 7.99. The fourth-order valence-corrected chi connectivity index (χ4v) is 4.77. The Morgan fingerprint density at radius 2 is 1.67 bits per heavy atom. The van der Waals surface area contributed by atoms with Crippen molar-refractivity contribution in [2.75, 3.05) is 12.3 Å². The highest BCUT2D eigenvalue weighted by Crippen LogP contribution is 2.22. The van der Waals surface area contributed by atoms with Crippen LogP contribution in [0.15, 0.2) is 83.8 Å². The third-order valence-corrected chi connectivity index (χ3v) is 7.05. The standard InChI is InChI=1S/C29H32ClFN2O2S/c1-2-18-32-29(35)27(20-22-7-4-3-5-8-22)33(21-23-10-14-25(31)15-11-23)28(34)9-6-19-36-26-16-12-24(30)13-17-26/h3-5,7-8,10-17,27H,2,6,9,18-21H2,1H3,(H,32,35)/t27-/m1/s1. The highest BCUT2D eigenvalue weighted by atomic mass is 35.5. The third-order valence-electron chi connectivity index (χ3n) is 5.70. The summed E-state index contributed by atoms with van der Waals surface area (Å²) in [5.74, 6) is 0.163. The number of hydrogen-bond acceptors (Lipinski definition) is 3. The molecule has 36 heavy (non-hydrogen) atoms. The quantitative estimate of drug-likeness (QED) is 0.204. The number of rotatable bonds is 13. The van der Waals surface area contributed by atoms with Gasteiger partial charge in [-0.25, -0.2) is 4.39 Å². The number of benzene rings is 3. The van der Waals surface area contributed by atoms with Crippen LogP contribution in [-0.2, 0) is 22.6 Å². The van der Waals surface area contributed by atoms with Gasteiger partial charge in [-0.1, -0.05) is 61.0 Å². The molecule has 0 spiro atoms. The van der Waals surface area contributed by atoms with Crippen LogP contribution in [0, 0.1) is 5.82 Å². The Bertz CT molecular complexity index is 1090. The summed E-state index contributed by atoms with van der Waals surface area (Å²) in [6, 6.07) is 22.7. The van der Waals surface area contributed by atoms with Gasteiger partial charge in [0.25, 0.3) is 0 Å². The molecule has 1 atom stereocenters. The first-order valence-electron chi connectivity index (χ1n) is 12.2. The monoisotopic (exact) mass is 526 g/mol. The van der Waals surface area contributed by atoms with Crippen molar-refractivity contribution in [3.8, 4) is 0 Å². The van der Waals surface area contributed by atoms with E-state index in [0.29, 0.717) is 30.8 Å². The fourth-order valence-electron chi connectivity index (χ4n) is 3.79. The molecule has 0 aliphatic carbocycles. The van der Waals surface area contributed by atoms with Gasteiger partial charge in [-0.05, 0) is 66.1 Å². The van der Waals surface area contributed by atoms with Crippen LogP contribution >= 0.6 is 23.4 Å². The van der Waals surface area contributed by atoms with Crippen LogP contribution < -0.4 is 5.32 Å². The number of nitrogens with zero attached hydrogens (tertiary/aromatic N) is 1. The van der Waals surface area contributed by atoms with Crippen molar-refractivity contribution in [1.82, 2.24) is 10.2 Å². The summed E-state index contributed by atoms with van der Waals surface area (Å²) in [6.45, 7) is 2.77. The minimum absolute atomic E-state index is 0.0939. The molecule has 0 aliphatic heterocycles. The third kappa shape index (κ3) is 8.99. The summed E-state index contributed by atoms with van der Waals surface area (Å²) in [7, 11) is 0. The smallest absolute Gasteiger partial charge is 0.243 e. The molecule has 0 aliphatic rings. The summed E-state index contributed by atoms with van der Waals surface area (Å²) in [6.07, 6.45) is 2.19. The molecule has 0 saturated heterocycles. The number of carbonyl (C=O) groups excluding carboxylic acids is 2. The first-order valence-corrected chi connectivity index (χ1v) is 13.6. The molecule has 3 aromatic rings. The molecule has 0 unspecified atom stereocenters. The predicted octanol–water partition coefficient (Wildman–Crippen LogP) is 6.52. The molecular weight excluding hydrogens is 495 g/mol. The lowest BCUT2D eigenvalue weighted by molar-refractivity contribution is -0.141. The van der Waals surface area contributed by atoms with E-state index in [4.69, 9.17) is 11.6 Å². The van der Waals surface area contributed by atoms with Gasteiger partial charge in [-0.15, -0.1) is 11.8 Å². The Hall–Kier alpha value is -2.83. The van der Waals surface area contributed by atoms with E-state index in [1.54, 1.807) is 28.8 Å². The van der Waals surface area contributed by atoms with Crippen molar-refractivity contribution < 1.29 is 14.0 Å². The number of thioether (sulfide) groups is 1. The van der Waals surface area contributed by atoms with Crippen LogP contribution in [-0.4, -0.2) is 35.1 Å². The minimum Gasteiger partial charge on any atom is -0.354 e. The lowest BCUT2D eigenvalue weighted by atomic mass is 10.0. The Labute approximate surface area is 222 Å². The first kappa shape index (κ1) is 27.8. The van der Waals surface area contributed by atoms with Gasteiger partial charge in [-0.3, -0.25) is 9.59 Å². The van der Waals surface area contributed by atoms with Gasteiger partial charge >= 0.3 is 0 Å². The van der Waals surface area contributed by atoms with Crippen molar-refractivity contribution in [2.24, 2.45) is 0 Å². The van der Waals surface area contributed by atoms with Crippen LogP contribution in [0.4, 0.5) is 4.39 Å². The Morgan fingerprint density at radius 1 is 0.972 bits per heavy atom. The number of nitrogens with one attached hydrogen (secondary N) is 1. The molecule has 0 fully saturated rings. The van der Waals surface area contributed by atoms with E-state index in [0.717, 1.165) is 28.2 Å². The summed E-state index contributed by atoms with van der Waals surface area (Å²) in [4.78, 5) is 29.5. The van der Waals surface area contributed by atoms with Crippen LogP contribution in [0.25, 0.3) is 0 Å². The minimum atomic E-state index is -0.666. The van der Waals surface area contributed by atoms with Crippen LogP contribution in [0.1, 0.15) is 37.3 Å². The molecule has 0 radical (unpaired) electrons. The SMILES string of the molecule is CCCNC(=O)[C@@H](Cc1ccccc1)N(Cc1ccc(F)cc1)C(=O)CCCSc1ccc(Cl)cc1. The number of hydrogen-bond donors (Lipinski definition) is 1. The molecule has 0 saturated carbocycles. The molecule has 190 valence electrons. The van der Waals surface area contributed by atoms with E-state index < -0.39 is 6.04 Å². The zero-order valence-corrected chi connectivity index (χ0v) is 22.0. The van der Waals surface area contributed by atoms with Crippen molar-refractivity contribution in [3.63, 3.8) is 0 Å². The molecule has 7 heteroatoms. The van der Waals surface area contributed by atoms with Gasteiger partial charge < -0.3 is 10.2 Å². The van der Waals surface area contributed by atoms with Crippen molar-refractivity contribution in [1.29, 1.82) is 0 Å². The molecule has 3 rings (SSSR count). The zero-order valence-electron chi connectivity index (χ0n) is 20.5. The molecule has 0 heterocycles. The maximum Gasteiger partial charge on any atom is 0.243 e. The number of halogens is 2. The van der Waals surface area contributed by atoms with Crippen molar-refractivity contribution in [3.05, 3.63) is 101 Å². The average Bonchev–Trinajstić information content (AvgIpc) is 2.89. The lowest BCUT2D eigenvalue weighted by Gasteiger charge is -2.31. The van der Waals surface area contributed by atoms with Gasteiger partial charge in [0.2, 0.25) is 11.8 Å². The summed E-state index contributed by atoms with van der Waals surface area (Å²) < 4.78 is 13.5. The van der Waals surface area contributed by atoms with Gasteiger partial charge in [0.1, 0.15) is 11.9 Å². The summed E-state index contributed by atoms with van der Waals surface area (Å²) >= 11 is 7.62. The maximum absolute atomic E-state index is 13.5. The predicted molar refractivity (Wildman–Crippen MR) is 146 cm³/mol. The van der Waals surface area contributed by atoms with Crippen molar-refractivity contribution in [2.45, 2.75) is 50.1 Å². The Morgan fingerprint density at radius 3 is 2.33 bits per heavy atom. The zero-order chi connectivity index (χ0) is 25.8. The van der Waals surface area contributed by atoms with E-state index in [2.05, 4.69) is 5.32 Å². The largest absolute Gasteiger partial charge is 0.354 e. The molecule has 2 amide bonds. The number of amides is 2. The number of carbonyl (C=O) groups is 2. The fraction of sp³-hybridized carbons (Fsp3) is 0.310. The van der Waals surface area contributed by atoms with Gasteiger partial charge in [-0.2, -0.15) is 0 Å². The second-order valence-corrected chi connectivity index (χ2v) is 10.2. The van der Waals surface area contributed by atoms with E-state index in [1.165, 1.54) is 12.1 Å². The van der Waals surface area contributed by atoms with Crippen LogP contribution in [0.2, 0.25) is 5.02 Å². The molecule has 3 aromatic carbocycles. The summed E-state index contributed by atoms with van der Waals surface area (Å²) in [5, 5.41) is 3.66. The molecular formula is C29H32ClFN2O2S. The highest BCUT2D eigenvalue weighted by Gasteiger charge is 2.30. The molecule has 0 aromatic heterocycles. The van der Waals surface area contributed by atoms with E-state index in [1.807, 2.05) is 61.5 Å². The normalized spacial score (nSPS) is 11.6. The first-order chi connectivity index (χ1) is 17.5. The average molecular weight is 527 g/mol. The van der Waals surface area contributed by atoms with E-state index in [-0.39, 0.29) is 24.2 Å². The van der Waals surface area contributed by atoms with Crippen molar-refractivity contribution >= 4 is 35.2 Å². The molecule has 4 nitrogen and oxygen atoms in total. The second kappa shape index (κ2) is 14.7. The Balaban J connectivity index is 1.76. The summed E-state index contributed by atoms with van der Waals surface area (Å²) in [5.41, 5.74) is 1.76. The maximum atomic E-state index is 13.5. The van der Waals surface area contributed by atoms with Crippen LogP contribution in [0.3, 0.4) is 0 Å². The Kier molecular flexibility index (Phi) is 11.3. The topological polar surface area (TPSA) is 49.4 Å². The van der Waals surface area contributed by atoms with E-state index in [9.17, 15) is 14.0 Å². The van der Waals surface area contributed by atoms with Gasteiger partial charge in [0.15, 0.2) is 0 Å². The van der Waals surface area contributed by atoms with Gasteiger partial charge in [0.05, 0.1) is 0 Å². The van der Waals surface area contributed by atoms with E-state index >= 15 is 0 Å². The molecule has 1 N–H and O–H groups in total. The van der Waals surface area contributed by atoms with Gasteiger partial charge in [0, 0.05) is 35.8 Å². The second-order valence-electron chi connectivity index (χ2n) is 8.55. The van der Waals surface area contributed by atoms with Crippen LogP contribution in [0.5, 0.6) is 0 Å².